The van der Waals surface area contributed by atoms with Crippen LogP contribution in [0.4, 0.5) is 0 Å². The lowest BCUT2D eigenvalue weighted by Gasteiger charge is -2.08. The number of hydrogen-bond acceptors (Lipinski definition) is 5. The van der Waals surface area contributed by atoms with Gasteiger partial charge < -0.3 is 19.6 Å². The third-order valence-corrected chi connectivity index (χ3v) is 3.93. The van der Waals surface area contributed by atoms with Gasteiger partial charge in [-0.15, -0.1) is 0 Å². The van der Waals surface area contributed by atoms with Crippen LogP contribution < -0.4 is 11.2 Å². The van der Waals surface area contributed by atoms with Crippen molar-refractivity contribution >= 4 is 5.91 Å². The van der Waals surface area contributed by atoms with E-state index in [1.165, 1.54) is 12.8 Å². The van der Waals surface area contributed by atoms with Gasteiger partial charge in [0.05, 0.1) is 26.4 Å². The molecule has 0 fully saturated rings. The highest BCUT2D eigenvalue weighted by molar-refractivity contribution is 5.75. The number of rotatable bonds is 19. The summed E-state index contributed by atoms with van der Waals surface area (Å²) in [5.74, 6) is 5.82. The van der Waals surface area contributed by atoms with E-state index in [-0.39, 0.29) is 5.91 Å². The van der Waals surface area contributed by atoms with Gasteiger partial charge in [-0.05, 0) is 31.6 Å². The Bertz CT molecular complexity index is 289. The molecule has 0 saturated carbocycles. The smallest absolute Gasteiger partial charge is 0.220 e. The lowest BCUT2D eigenvalue weighted by Crippen LogP contribution is -2.27. The summed E-state index contributed by atoms with van der Waals surface area (Å²) >= 11 is 0. The Balaban J connectivity index is 3.15. The van der Waals surface area contributed by atoms with Gasteiger partial charge in [0, 0.05) is 19.6 Å². The minimum Gasteiger partial charge on any atom is -0.379 e. The van der Waals surface area contributed by atoms with Gasteiger partial charge in [0.2, 0.25) is 5.91 Å². The van der Waals surface area contributed by atoms with Gasteiger partial charge >= 0.3 is 0 Å². The molecular weight excluding hydrogens is 320 g/mol. The van der Waals surface area contributed by atoms with Crippen molar-refractivity contribution in [3.63, 3.8) is 0 Å². The van der Waals surface area contributed by atoms with Crippen LogP contribution in [0.15, 0.2) is 0 Å². The molecule has 0 saturated heterocycles. The van der Waals surface area contributed by atoms with E-state index in [4.69, 9.17) is 15.4 Å². The van der Waals surface area contributed by atoms with Crippen LogP contribution in [-0.4, -0.2) is 45.5 Å². The van der Waals surface area contributed by atoms with Gasteiger partial charge in [-0.25, -0.2) is 5.90 Å². The van der Waals surface area contributed by atoms with Crippen LogP contribution in [0.3, 0.4) is 0 Å². The second-order valence-corrected chi connectivity index (χ2v) is 6.85. The molecule has 0 bridgehead atoms. The van der Waals surface area contributed by atoms with Crippen molar-refractivity contribution in [2.75, 3.05) is 39.6 Å². The highest BCUT2D eigenvalue weighted by atomic mass is 16.6. The minimum atomic E-state index is 0.116. The molecule has 0 aromatic heterocycles. The Morgan fingerprint density at radius 3 is 2.16 bits per heavy atom. The maximum atomic E-state index is 11.7. The number of carbonyl (C=O) groups is 1. The molecule has 1 amide bonds. The summed E-state index contributed by atoms with van der Waals surface area (Å²) in [7, 11) is 0. The summed E-state index contributed by atoms with van der Waals surface area (Å²) in [6.45, 7) is 8.22. The van der Waals surface area contributed by atoms with Crippen molar-refractivity contribution in [2.24, 2.45) is 11.8 Å². The summed E-state index contributed by atoms with van der Waals surface area (Å²) in [4.78, 5) is 16.2. The lowest BCUT2D eigenvalue weighted by atomic mass is 10.1. The quantitative estimate of drug-likeness (QED) is 0.273. The fourth-order valence-corrected chi connectivity index (χ4v) is 2.44. The van der Waals surface area contributed by atoms with Crippen LogP contribution >= 0.6 is 0 Å². The van der Waals surface area contributed by atoms with Crippen LogP contribution in [-0.2, 0) is 19.1 Å². The molecular formula is C19H40N2O4. The largest absolute Gasteiger partial charge is 0.379 e. The predicted molar refractivity (Wildman–Crippen MR) is 101 cm³/mol. The van der Waals surface area contributed by atoms with Crippen LogP contribution in [0, 0.1) is 5.92 Å². The third kappa shape index (κ3) is 21.3. The summed E-state index contributed by atoms with van der Waals surface area (Å²) in [5, 5.41) is 2.89. The summed E-state index contributed by atoms with van der Waals surface area (Å²) in [6, 6.07) is 0. The number of nitrogens with one attached hydrogen (secondary N) is 1. The number of nitrogens with two attached hydrogens (primary N) is 1. The van der Waals surface area contributed by atoms with Crippen molar-refractivity contribution in [1.29, 1.82) is 0 Å². The Hall–Kier alpha value is -0.690. The van der Waals surface area contributed by atoms with Crippen molar-refractivity contribution in [3.8, 4) is 0 Å². The maximum Gasteiger partial charge on any atom is 0.220 e. The zero-order valence-electron chi connectivity index (χ0n) is 16.4. The van der Waals surface area contributed by atoms with E-state index >= 15 is 0 Å². The number of unbranched alkanes of at least 4 members (excludes halogenated alkanes) is 5. The first-order valence-electron chi connectivity index (χ1n) is 9.90. The predicted octanol–water partition coefficient (Wildman–Crippen LogP) is 3.19. The first-order chi connectivity index (χ1) is 12.2. The Morgan fingerprint density at radius 1 is 0.840 bits per heavy atom. The van der Waals surface area contributed by atoms with E-state index in [9.17, 15) is 4.79 Å². The van der Waals surface area contributed by atoms with Crippen molar-refractivity contribution in [3.05, 3.63) is 0 Å². The maximum absolute atomic E-state index is 11.7. The molecule has 0 aliphatic rings. The van der Waals surface area contributed by atoms with Crippen molar-refractivity contribution in [1.82, 2.24) is 5.32 Å². The number of ether oxygens (including phenoxy) is 2. The van der Waals surface area contributed by atoms with Gasteiger partial charge in [-0.3, -0.25) is 4.79 Å². The van der Waals surface area contributed by atoms with Gasteiger partial charge in [0.1, 0.15) is 0 Å². The summed E-state index contributed by atoms with van der Waals surface area (Å²) < 4.78 is 10.9. The molecule has 0 aliphatic carbocycles. The fourth-order valence-electron chi connectivity index (χ4n) is 2.44. The summed E-state index contributed by atoms with van der Waals surface area (Å²) in [6.07, 6.45) is 9.46. The number of hydrogen-bond donors (Lipinski definition) is 2. The topological polar surface area (TPSA) is 82.8 Å². The van der Waals surface area contributed by atoms with E-state index in [1.807, 2.05) is 0 Å². The molecule has 6 nitrogen and oxygen atoms in total. The van der Waals surface area contributed by atoms with Crippen LogP contribution in [0.5, 0.6) is 0 Å². The van der Waals surface area contributed by atoms with Crippen molar-refractivity contribution in [2.45, 2.75) is 71.6 Å². The Labute approximate surface area is 154 Å². The van der Waals surface area contributed by atoms with Gasteiger partial charge in [-0.1, -0.05) is 39.5 Å². The van der Waals surface area contributed by atoms with E-state index in [2.05, 4.69) is 24.0 Å². The van der Waals surface area contributed by atoms with Crippen LogP contribution in [0.1, 0.15) is 71.6 Å². The molecule has 0 aromatic carbocycles. The molecule has 0 aromatic rings. The first kappa shape index (κ1) is 24.3. The molecule has 0 heterocycles. The third-order valence-electron chi connectivity index (χ3n) is 3.93. The molecule has 0 atom stereocenters. The van der Waals surface area contributed by atoms with Gasteiger partial charge in [0.25, 0.3) is 0 Å². The van der Waals surface area contributed by atoms with Crippen molar-refractivity contribution < 1.29 is 19.1 Å². The average Bonchev–Trinajstić information content (AvgIpc) is 2.58. The van der Waals surface area contributed by atoms with E-state index in [0.717, 1.165) is 51.0 Å². The number of amides is 1. The highest BCUT2D eigenvalue weighted by Crippen LogP contribution is 2.07. The Kier molecular flexibility index (Phi) is 19.1. The SMILES string of the molecule is CC(C)CCCOCCOCCNC(=O)CCCCCCCCON. The monoisotopic (exact) mass is 360 g/mol. The van der Waals surface area contributed by atoms with Crippen LogP contribution in [0.25, 0.3) is 0 Å². The Morgan fingerprint density at radius 2 is 1.48 bits per heavy atom. The molecule has 150 valence electrons. The second kappa shape index (κ2) is 19.6. The first-order valence-corrected chi connectivity index (χ1v) is 9.90. The molecule has 0 rings (SSSR count). The van der Waals surface area contributed by atoms with Crippen LogP contribution in [0.2, 0.25) is 0 Å². The normalized spacial score (nSPS) is 11.2. The molecule has 0 radical (unpaired) electrons. The summed E-state index contributed by atoms with van der Waals surface area (Å²) in [5.41, 5.74) is 0. The van der Waals surface area contributed by atoms with Gasteiger partial charge in [0.15, 0.2) is 0 Å². The minimum absolute atomic E-state index is 0.116. The molecule has 25 heavy (non-hydrogen) atoms. The standard InChI is InChI=1S/C19H40N2O4/c1-18(2)10-9-13-23-16-17-24-15-12-21-19(22)11-7-5-3-4-6-8-14-25-20/h18H,3-17,20H2,1-2H3,(H,21,22). The number of carbonyl (C=O) groups excluding carboxylic acids is 1. The molecule has 6 heteroatoms. The highest BCUT2D eigenvalue weighted by Gasteiger charge is 2.00. The van der Waals surface area contributed by atoms with E-state index < -0.39 is 0 Å². The molecule has 0 aliphatic heterocycles. The van der Waals surface area contributed by atoms with E-state index in [1.54, 1.807) is 0 Å². The average molecular weight is 361 g/mol. The second-order valence-electron chi connectivity index (χ2n) is 6.85. The lowest BCUT2D eigenvalue weighted by molar-refractivity contribution is -0.121. The van der Waals surface area contributed by atoms with Gasteiger partial charge in [-0.2, -0.15) is 0 Å². The molecule has 3 N–H and O–H groups in total. The van der Waals surface area contributed by atoms with E-state index in [0.29, 0.717) is 39.4 Å². The molecule has 0 unspecified atom stereocenters. The zero-order chi connectivity index (χ0) is 18.6. The fraction of sp³-hybridized carbons (Fsp3) is 0.947. The zero-order valence-corrected chi connectivity index (χ0v) is 16.4. The molecule has 0 spiro atoms.